The fourth-order valence-corrected chi connectivity index (χ4v) is 1.91. The molecule has 0 atom stereocenters. The molecule has 0 saturated carbocycles. The Labute approximate surface area is 123 Å². The Bertz CT molecular complexity index is 336. The van der Waals surface area contributed by atoms with Crippen LogP contribution in [0, 0.1) is 0 Å². The molecule has 0 radical (unpaired) electrons. The molecule has 0 bridgehead atoms. The molecule has 5 heteroatoms. The molecule has 0 saturated heterocycles. The van der Waals surface area contributed by atoms with Crippen molar-refractivity contribution in [1.29, 1.82) is 0 Å². The van der Waals surface area contributed by atoms with Gasteiger partial charge in [0.05, 0.1) is 19.8 Å². The van der Waals surface area contributed by atoms with Gasteiger partial charge in [-0.15, -0.1) is 0 Å². The molecule has 0 amide bonds. The fraction of sp³-hybridized carbons (Fsp3) is 0.571. The Morgan fingerprint density at radius 2 is 1.74 bits per heavy atom. The van der Waals surface area contributed by atoms with Crippen LogP contribution in [0.25, 0.3) is 0 Å². The highest BCUT2D eigenvalue weighted by atomic mass is 79.9. The van der Waals surface area contributed by atoms with Crippen molar-refractivity contribution in [2.24, 2.45) is 0 Å². The van der Waals surface area contributed by atoms with Crippen molar-refractivity contribution in [3.8, 4) is 0 Å². The van der Waals surface area contributed by atoms with Crippen molar-refractivity contribution in [2.45, 2.75) is 6.42 Å². The predicted molar refractivity (Wildman–Crippen MR) is 80.8 cm³/mol. The number of hydrogen-bond acceptors (Lipinski definition) is 4. The van der Waals surface area contributed by atoms with Gasteiger partial charge in [0.2, 0.25) is 0 Å². The summed E-state index contributed by atoms with van der Waals surface area (Å²) in [6.07, 6.45) is 0.931. The number of methoxy groups -OCH3 is 1. The third-order valence-electron chi connectivity index (χ3n) is 2.44. The average Bonchev–Trinajstić information content (AvgIpc) is 2.43. The quantitative estimate of drug-likeness (QED) is 0.633. The van der Waals surface area contributed by atoms with E-state index in [2.05, 4.69) is 21.2 Å². The maximum absolute atomic E-state index is 5.47. The number of anilines is 1. The van der Waals surface area contributed by atoms with Gasteiger partial charge in [0, 0.05) is 37.0 Å². The van der Waals surface area contributed by atoms with Gasteiger partial charge in [-0.2, -0.15) is 0 Å². The number of ether oxygens (including phenoxy) is 3. The summed E-state index contributed by atoms with van der Waals surface area (Å²) in [4.78, 5) is 0. The van der Waals surface area contributed by atoms with E-state index < -0.39 is 0 Å². The number of para-hydroxylation sites is 1. The minimum absolute atomic E-state index is 0.630. The first-order chi connectivity index (χ1) is 9.34. The van der Waals surface area contributed by atoms with E-state index in [1.165, 1.54) is 0 Å². The van der Waals surface area contributed by atoms with E-state index >= 15 is 0 Å². The molecule has 0 aliphatic heterocycles. The fourth-order valence-electron chi connectivity index (χ4n) is 1.49. The second kappa shape index (κ2) is 11.2. The van der Waals surface area contributed by atoms with E-state index in [0.29, 0.717) is 19.8 Å². The van der Waals surface area contributed by atoms with Crippen molar-refractivity contribution in [3.05, 3.63) is 28.7 Å². The van der Waals surface area contributed by atoms with Crippen LogP contribution in [-0.4, -0.2) is 46.7 Å². The number of hydrogen-bond donors (Lipinski definition) is 1. The van der Waals surface area contributed by atoms with Gasteiger partial charge in [0.1, 0.15) is 0 Å². The maximum Gasteiger partial charge on any atom is 0.0701 e. The second-order valence-corrected chi connectivity index (χ2v) is 4.83. The summed E-state index contributed by atoms with van der Waals surface area (Å²) < 4.78 is 16.9. The van der Waals surface area contributed by atoms with E-state index in [0.717, 1.165) is 36.3 Å². The van der Waals surface area contributed by atoms with E-state index in [1.54, 1.807) is 7.11 Å². The first-order valence-corrected chi connectivity index (χ1v) is 7.26. The lowest BCUT2D eigenvalue weighted by Crippen LogP contribution is -2.13. The standard InChI is InChI=1S/C14H22BrNO3/c1-17-8-4-9-18-11-12-19-10-7-16-14-6-3-2-5-13(14)15/h2-3,5-6,16H,4,7-12H2,1H3. The zero-order valence-electron chi connectivity index (χ0n) is 11.4. The van der Waals surface area contributed by atoms with Crippen LogP contribution in [0.5, 0.6) is 0 Å². The zero-order chi connectivity index (χ0) is 13.8. The third kappa shape index (κ3) is 8.21. The van der Waals surface area contributed by atoms with E-state index in [9.17, 15) is 0 Å². The van der Waals surface area contributed by atoms with Crippen LogP contribution < -0.4 is 5.32 Å². The summed E-state index contributed by atoms with van der Waals surface area (Å²) in [7, 11) is 1.70. The van der Waals surface area contributed by atoms with Gasteiger partial charge in [-0.1, -0.05) is 12.1 Å². The van der Waals surface area contributed by atoms with Crippen LogP contribution >= 0.6 is 15.9 Å². The van der Waals surface area contributed by atoms with E-state index in [4.69, 9.17) is 14.2 Å². The maximum atomic E-state index is 5.47. The van der Waals surface area contributed by atoms with Gasteiger partial charge < -0.3 is 19.5 Å². The molecule has 0 spiro atoms. The third-order valence-corrected chi connectivity index (χ3v) is 3.14. The van der Waals surface area contributed by atoms with Crippen LogP contribution in [0.15, 0.2) is 28.7 Å². The molecule has 1 N–H and O–H groups in total. The Hall–Kier alpha value is -0.620. The van der Waals surface area contributed by atoms with Gasteiger partial charge in [-0.25, -0.2) is 0 Å². The van der Waals surface area contributed by atoms with Gasteiger partial charge in [-0.05, 0) is 34.5 Å². The Morgan fingerprint density at radius 3 is 2.47 bits per heavy atom. The highest BCUT2D eigenvalue weighted by Gasteiger charge is 1.96. The van der Waals surface area contributed by atoms with Crippen molar-refractivity contribution >= 4 is 21.6 Å². The highest BCUT2D eigenvalue weighted by molar-refractivity contribution is 9.10. The zero-order valence-corrected chi connectivity index (χ0v) is 12.9. The first kappa shape index (κ1) is 16.4. The van der Waals surface area contributed by atoms with Gasteiger partial charge in [0.15, 0.2) is 0 Å². The number of nitrogens with one attached hydrogen (secondary N) is 1. The summed E-state index contributed by atoms with van der Waals surface area (Å²) >= 11 is 3.49. The SMILES string of the molecule is COCCCOCCOCCNc1ccccc1Br. The van der Waals surface area contributed by atoms with Crippen LogP contribution in [0.1, 0.15) is 6.42 Å². The molecule has 0 heterocycles. The van der Waals surface area contributed by atoms with Gasteiger partial charge in [-0.3, -0.25) is 0 Å². The smallest absolute Gasteiger partial charge is 0.0701 e. The summed E-state index contributed by atoms with van der Waals surface area (Å²) in [6.45, 7) is 4.20. The van der Waals surface area contributed by atoms with Crippen LogP contribution in [0.3, 0.4) is 0 Å². The number of halogens is 1. The van der Waals surface area contributed by atoms with Crippen LogP contribution in [0.4, 0.5) is 5.69 Å². The van der Waals surface area contributed by atoms with E-state index in [1.807, 2.05) is 24.3 Å². The van der Waals surface area contributed by atoms with Crippen molar-refractivity contribution in [1.82, 2.24) is 0 Å². The Balaban J connectivity index is 1.90. The van der Waals surface area contributed by atoms with Crippen LogP contribution in [0.2, 0.25) is 0 Å². The number of rotatable bonds is 11. The molecule has 0 aliphatic rings. The first-order valence-electron chi connectivity index (χ1n) is 6.47. The molecule has 1 aromatic rings. The topological polar surface area (TPSA) is 39.7 Å². The molecule has 1 rings (SSSR count). The summed E-state index contributed by atoms with van der Waals surface area (Å²) in [5.74, 6) is 0. The number of benzene rings is 1. The molecular weight excluding hydrogens is 310 g/mol. The Morgan fingerprint density at radius 1 is 1.00 bits per heavy atom. The van der Waals surface area contributed by atoms with Gasteiger partial charge in [0.25, 0.3) is 0 Å². The Kier molecular flexibility index (Phi) is 9.71. The molecule has 0 aromatic heterocycles. The molecule has 108 valence electrons. The monoisotopic (exact) mass is 331 g/mol. The lowest BCUT2D eigenvalue weighted by Gasteiger charge is -2.09. The normalized spacial score (nSPS) is 10.6. The molecule has 4 nitrogen and oxygen atoms in total. The van der Waals surface area contributed by atoms with Crippen molar-refractivity contribution in [2.75, 3.05) is 52.0 Å². The minimum Gasteiger partial charge on any atom is -0.385 e. The summed E-state index contributed by atoms with van der Waals surface area (Å²) in [5, 5.41) is 3.30. The van der Waals surface area contributed by atoms with Gasteiger partial charge >= 0.3 is 0 Å². The lowest BCUT2D eigenvalue weighted by atomic mass is 10.3. The molecule has 0 unspecified atom stereocenters. The summed E-state index contributed by atoms with van der Waals surface area (Å²) in [5.41, 5.74) is 1.09. The molecule has 0 aliphatic carbocycles. The van der Waals surface area contributed by atoms with E-state index in [-0.39, 0.29) is 0 Å². The van der Waals surface area contributed by atoms with Crippen LogP contribution in [-0.2, 0) is 14.2 Å². The van der Waals surface area contributed by atoms with Crippen molar-refractivity contribution in [3.63, 3.8) is 0 Å². The molecular formula is C14H22BrNO3. The summed E-state index contributed by atoms with van der Waals surface area (Å²) in [6, 6.07) is 8.04. The highest BCUT2D eigenvalue weighted by Crippen LogP contribution is 2.20. The molecule has 0 fully saturated rings. The van der Waals surface area contributed by atoms with Crippen molar-refractivity contribution < 1.29 is 14.2 Å². The average molecular weight is 332 g/mol. The lowest BCUT2D eigenvalue weighted by molar-refractivity contribution is 0.0431. The minimum atomic E-state index is 0.630. The molecule has 19 heavy (non-hydrogen) atoms. The molecule has 1 aromatic carbocycles. The largest absolute Gasteiger partial charge is 0.385 e. The predicted octanol–water partition coefficient (Wildman–Crippen LogP) is 2.93. The second-order valence-electron chi connectivity index (χ2n) is 3.98.